The third-order valence-corrected chi connectivity index (χ3v) is 2.95. The minimum absolute atomic E-state index is 0.0885. The topological polar surface area (TPSA) is 60.2 Å². The molecule has 1 aromatic carbocycles. The Balaban J connectivity index is 2.03. The van der Waals surface area contributed by atoms with E-state index < -0.39 is 0 Å². The van der Waals surface area contributed by atoms with Crippen molar-refractivity contribution < 1.29 is 13.7 Å². The predicted molar refractivity (Wildman–Crippen MR) is 76.4 cm³/mol. The Labute approximate surface area is 123 Å². The van der Waals surface area contributed by atoms with Crippen molar-refractivity contribution in [3.8, 4) is 5.75 Å². The van der Waals surface area contributed by atoms with Gasteiger partial charge in [0.2, 0.25) is 11.7 Å². The van der Waals surface area contributed by atoms with E-state index >= 15 is 0 Å². The lowest BCUT2D eigenvalue weighted by Crippen LogP contribution is -2.15. The molecule has 5 nitrogen and oxygen atoms in total. The minimum Gasteiger partial charge on any atom is -0.482 e. The first kappa shape index (κ1) is 15.4. The number of hydrogen-bond acceptors (Lipinski definition) is 5. The molecule has 1 aromatic heterocycles. The summed E-state index contributed by atoms with van der Waals surface area (Å²) >= 11 is 0. The highest BCUT2D eigenvalue weighted by atomic mass is 19.1. The van der Waals surface area contributed by atoms with E-state index in [0.29, 0.717) is 24.7 Å². The van der Waals surface area contributed by atoms with Crippen LogP contribution in [0.5, 0.6) is 5.75 Å². The van der Waals surface area contributed by atoms with Gasteiger partial charge in [-0.05, 0) is 19.0 Å². The number of aryl methyl sites for hydroxylation is 1. The van der Waals surface area contributed by atoms with Crippen LogP contribution in [-0.4, -0.2) is 16.7 Å². The Kier molecular flexibility index (Phi) is 5.68. The van der Waals surface area contributed by atoms with Gasteiger partial charge in [-0.1, -0.05) is 31.1 Å². The molecule has 2 aromatic rings. The van der Waals surface area contributed by atoms with Crippen LogP contribution >= 0.6 is 0 Å². The first-order chi connectivity index (χ1) is 10.2. The van der Waals surface area contributed by atoms with Gasteiger partial charge >= 0.3 is 0 Å². The molecule has 0 aliphatic rings. The number of aromatic nitrogens is 2. The van der Waals surface area contributed by atoms with E-state index in [1.54, 1.807) is 6.07 Å². The lowest BCUT2D eigenvalue weighted by Gasteiger charge is -2.11. The third-order valence-electron chi connectivity index (χ3n) is 2.95. The van der Waals surface area contributed by atoms with Crippen molar-refractivity contribution in [3.63, 3.8) is 0 Å². The summed E-state index contributed by atoms with van der Waals surface area (Å²) < 4.78 is 24.5. The largest absolute Gasteiger partial charge is 0.482 e. The Hall–Kier alpha value is -1.95. The van der Waals surface area contributed by atoms with Crippen LogP contribution < -0.4 is 10.1 Å². The van der Waals surface area contributed by atoms with E-state index in [9.17, 15) is 4.39 Å². The molecule has 0 amide bonds. The van der Waals surface area contributed by atoms with Gasteiger partial charge in [-0.25, -0.2) is 4.39 Å². The standard InChI is InChI=1S/C15H20FN3O2/c1-3-8-17-9-11-6-5-7-12(16)15(11)20-10-13-18-14(4-2)21-19-13/h5-7,17H,3-4,8-10H2,1-2H3. The highest BCUT2D eigenvalue weighted by Gasteiger charge is 2.12. The molecule has 21 heavy (non-hydrogen) atoms. The second-order valence-electron chi connectivity index (χ2n) is 4.65. The van der Waals surface area contributed by atoms with Gasteiger partial charge in [0.15, 0.2) is 18.2 Å². The smallest absolute Gasteiger partial charge is 0.226 e. The zero-order valence-electron chi connectivity index (χ0n) is 12.4. The van der Waals surface area contributed by atoms with Crippen LogP contribution in [0.1, 0.15) is 37.5 Å². The minimum atomic E-state index is -0.384. The molecule has 0 bridgehead atoms. The maximum atomic E-state index is 13.9. The molecule has 1 N–H and O–H groups in total. The van der Waals surface area contributed by atoms with Crippen LogP contribution in [0, 0.1) is 5.82 Å². The molecule has 2 rings (SSSR count). The van der Waals surface area contributed by atoms with Gasteiger partial charge in [0.05, 0.1) is 0 Å². The van der Waals surface area contributed by atoms with E-state index in [4.69, 9.17) is 9.26 Å². The number of rotatable bonds is 8. The average molecular weight is 293 g/mol. The summed E-state index contributed by atoms with van der Waals surface area (Å²) in [6.07, 6.45) is 1.69. The van der Waals surface area contributed by atoms with Crippen molar-refractivity contribution in [1.82, 2.24) is 15.5 Å². The maximum Gasteiger partial charge on any atom is 0.226 e. The summed E-state index contributed by atoms with van der Waals surface area (Å²) in [4.78, 5) is 4.14. The van der Waals surface area contributed by atoms with Gasteiger partial charge in [-0.2, -0.15) is 4.98 Å². The Morgan fingerprint density at radius 1 is 1.33 bits per heavy atom. The molecule has 0 saturated heterocycles. The van der Waals surface area contributed by atoms with Crippen molar-refractivity contribution in [3.05, 3.63) is 41.3 Å². The van der Waals surface area contributed by atoms with Crippen LogP contribution in [0.2, 0.25) is 0 Å². The van der Waals surface area contributed by atoms with Crippen molar-refractivity contribution in [2.24, 2.45) is 0 Å². The molecule has 0 aliphatic carbocycles. The molecule has 0 atom stereocenters. The fraction of sp³-hybridized carbons (Fsp3) is 0.467. The molecular weight excluding hydrogens is 273 g/mol. The quantitative estimate of drug-likeness (QED) is 0.758. The number of para-hydroxylation sites is 1. The Bertz CT molecular complexity index is 572. The SMILES string of the molecule is CCCNCc1cccc(F)c1OCc1noc(CC)n1. The normalized spacial score (nSPS) is 10.8. The molecule has 1 heterocycles. The summed E-state index contributed by atoms with van der Waals surface area (Å²) in [7, 11) is 0. The summed E-state index contributed by atoms with van der Waals surface area (Å²) in [5.41, 5.74) is 0.780. The fourth-order valence-corrected chi connectivity index (χ4v) is 1.88. The third kappa shape index (κ3) is 4.26. The lowest BCUT2D eigenvalue weighted by atomic mass is 10.2. The molecule has 0 radical (unpaired) electrons. The highest BCUT2D eigenvalue weighted by molar-refractivity contribution is 5.35. The summed E-state index contributed by atoms with van der Waals surface area (Å²) in [6.45, 7) is 5.53. The molecule has 0 fully saturated rings. The van der Waals surface area contributed by atoms with E-state index in [1.165, 1.54) is 6.07 Å². The number of halogens is 1. The van der Waals surface area contributed by atoms with Crippen molar-refractivity contribution >= 4 is 0 Å². The van der Waals surface area contributed by atoms with Crippen LogP contribution in [0.3, 0.4) is 0 Å². The second-order valence-corrected chi connectivity index (χ2v) is 4.65. The first-order valence-corrected chi connectivity index (χ1v) is 7.17. The molecule has 114 valence electrons. The number of ether oxygens (including phenoxy) is 1. The molecule has 0 spiro atoms. The van der Waals surface area contributed by atoms with Gasteiger partial charge < -0.3 is 14.6 Å². The number of nitrogens with zero attached hydrogens (tertiary/aromatic N) is 2. The van der Waals surface area contributed by atoms with Crippen LogP contribution in [0.15, 0.2) is 22.7 Å². The van der Waals surface area contributed by atoms with Crippen molar-refractivity contribution in [2.75, 3.05) is 6.54 Å². The van der Waals surface area contributed by atoms with Gasteiger partial charge in [0, 0.05) is 18.5 Å². The monoisotopic (exact) mass is 293 g/mol. The first-order valence-electron chi connectivity index (χ1n) is 7.17. The number of hydrogen-bond donors (Lipinski definition) is 1. The molecule has 0 unspecified atom stereocenters. The van der Waals surface area contributed by atoms with Crippen LogP contribution in [0.25, 0.3) is 0 Å². The summed E-state index contributed by atoms with van der Waals surface area (Å²) in [5.74, 6) is 0.823. The van der Waals surface area contributed by atoms with Crippen LogP contribution in [-0.2, 0) is 19.6 Å². The number of benzene rings is 1. The van der Waals surface area contributed by atoms with E-state index in [0.717, 1.165) is 18.5 Å². The van der Waals surface area contributed by atoms with E-state index in [1.807, 2.05) is 13.0 Å². The van der Waals surface area contributed by atoms with E-state index in [2.05, 4.69) is 22.4 Å². The fourth-order valence-electron chi connectivity index (χ4n) is 1.88. The lowest BCUT2D eigenvalue weighted by molar-refractivity contribution is 0.269. The van der Waals surface area contributed by atoms with Gasteiger partial charge in [-0.15, -0.1) is 0 Å². The van der Waals surface area contributed by atoms with Gasteiger partial charge in [-0.3, -0.25) is 0 Å². The Morgan fingerprint density at radius 2 is 2.19 bits per heavy atom. The summed E-state index contributed by atoms with van der Waals surface area (Å²) in [5, 5.41) is 7.02. The molecule has 0 saturated carbocycles. The van der Waals surface area contributed by atoms with Crippen molar-refractivity contribution in [1.29, 1.82) is 0 Å². The van der Waals surface area contributed by atoms with Gasteiger partial charge in [0.1, 0.15) is 0 Å². The maximum absolute atomic E-state index is 13.9. The molecular formula is C15H20FN3O2. The molecule has 0 aliphatic heterocycles. The number of nitrogens with one attached hydrogen (secondary N) is 1. The average Bonchev–Trinajstić information content (AvgIpc) is 2.95. The summed E-state index contributed by atoms with van der Waals surface area (Å²) in [6, 6.07) is 4.90. The Morgan fingerprint density at radius 3 is 2.90 bits per heavy atom. The zero-order chi connectivity index (χ0) is 15.1. The highest BCUT2D eigenvalue weighted by Crippen LogP contribution is 2.23. The van der Waals surface area contributed by atoms with Crippen LogP contribution in [0.4, 0.5) is 4.39 Å². The zero-order valence-corrected chi connectivity index (χ0v) is 12.4. The van der Waals surface area contributed by atoms with Gasteiger partial charge in [0.25, 0.3) is 0 Å². The van der Waals surface area contributed by atoms with Crippen molar-refractivity contribution in [2.45, 2.75) is 39.8 Å². The second kappa shape index (κ2) is 7.73. The molecule has 6 heteroatoms. The predicted octanol–water partition coefficient (Wildman–Crippen LogP) is 2.85. The van der Waals surface area contributed by atoms with E-state index in [-0.39, 0.29) is 18.2 Å².